The van der Waals surface area contributed by atoms with E-state index in [1.807, 2.05) is 6.92 Å². The van der Waals surface area contributed by atoms with Crippen molar-refractivity contribution in [2.24, 2.45) is 17.8 Å². The molecule has 1 saturated heterocycles. The average Bonchev–Trinajstić information content (AvgIpc) is 2.28. The number of aliphatic carboxylic acids is 1. The number of nitrogens with zero attached hydrogens (tertiary/aromatic N) is 1. The summed E-state index contributed by atoms with van der Waals surface area (Å²) in [5, 5.41) is 8.92. The van der Waals surface area contributed by atoms with Gasteiger partial charge in [0.1, 0.15) is 0 Å². The summed E-state index contributed by atoms with van der Waals surface area (Å²) in [7, 11) is 0. The van der Waals surface area contributed by atoms with E-state index in [2.05, 4.69) is 4.90 Å². The topological polar surface area (TPSA) is 40.5 Å². The molecule has 0 amide bonds. The van der Waals surface area contributed by atoms with Crippen molar-refractivity contribution in [1.82, 2.24) is 4.90 Å². The molecule has 3 nitrogen and oxygen atoms in total. The van der Waals surface area contributed by atoms with E-state index in [-0.39, 0.29) is 5.92 Å². The van der Waals surface area contributed by atoms with Crippen LogP contribution in [0.3, 0.4) is 0 Å². The molecule has 0 radical (unpaired) electrons. The summed E-state index contributed by atoms with van der Waals surface area (Å²) >= 11 is 0. The van der Waals surface area contributed by atoms with Gasteiger partial charge in [0, 0.05) is 13.1 Å². The number of likely N-dealkylation sites (tertiary alicyclic amines) is 1. The summed E-state index contributed by atoms with van der Waals surface area (Å²) in [6, 6.07) is 0. The second kappa shape index (κ2) is 5.17. The second-order valence-corrected chi connectivity index (χ2v) is 5.59. The van der Waals surface area contributed by atoms with Crippen LogP contribution in [0, 0.1) is 17.8 Å². The van der Waals surface area contributed by atoms with E-state index >= 15 is 0 Å². The fourth-order valence-corrected chi connectivity index (χ4v) is 3.31. The Hall–Kier alpha value is -0.570. The number of rotatable bonds is 3. The van der Waals surface area contributed by atoms with Crippen molar-refractivity contribution in [1.29, 1.82) is 0 Å². The van der Waals surface area contributed by atoms with Gasteiger partial charge in [0.15, 0.2) is 0 Å². The monoisotopic (exact) mass is 225 g/mol. The van der Waals surface area contributed by atoms with Gasteiger partial charge in [-0.1, -0.05) is 26.2 Å². The molecule has 2 rings (SSSR count). The molecule has 2 fully saturated rings. The van der Waals surface area contributed by atoms with Gasteiger partial charge in [-0.3, -0.25) is 4.79 Å². The Bertz CT molecular complexity index is 254. The molecule has 1 aliphatic carbocycles. The van der Waals surface area contributed by atoms with Crippen molar-refractivity contribution < 1.29 is 9.90 Å². The SMILES string of the molecule is CC(CN1CCC2CCCCC2C1)C(=O)O. The number of hydrogen-bond acceptors (Lipinski definition) is 2. The summed E-state index contributed by atoms with van der Waals surface area (Å²) < 4.78 is 0. The van der Waals surface area contributed by atoms with Crippen LogP contribution >= 0.6 is 0 Å². The Balaban J connectivity index is 1.83. The fourth-order valence-electron chi connectivity index (χ4n) is 3.31. The summed E-state index contributed by atoms with van der Waals surface area (Å²) in [4.78, 5) is 13.2. The number of fused-ring (bicyclic) bond motifs is 1. The van der Waals surface area contributed by atoms with Gasteiger partial charge in [0.25, 0.3) is 0 Å². The predicted molar refractivity (Wildman–Crippen MR) is 63.3 cm³/mol. The number of piperidine rings is 1. The van der Waals surface area contributed by atoms with Crippen LogP contribution in [0.15, 0.2) is 0 Å². The summed E-state index contributed by atoms with van der Waals surface area (Å²) in [6.07, 6.45) is 6.85. The van der Waals surface area contributed by atoms with Crippen LogP contribution < -0.4 is 0 Å². The third kappa shape index (κ3) is 2.76. The van der Waals surface area contributed by atoms with E-state index in [4.69, 9.17) is 5.11 Å². The van der Waals surface area contributed by atoms with Crippen molar-refractivity contribution in [3.05, 3.63) is 0 Å². The maximum absolute atomic E-state index is 10.8. The first-order valence-electron chi connectivity index (χ1n) is 6.62. The van der Waals surface area contributed by atoms with Gasteiger partial charge in [0.2, 0.25) is 0 Å². The van der Waals surface area contributed by atoms with Crippen LogP contribution in [0.25, 0.3) is 0 Å². The van der Waals surface area contributed by atoms with Crippen LogP contribution in [0.4, 0.5) is 0 Å². The first-order chi connectivity index (χ1) is 7.66. The Labute approximate surface area is 97.8 Å². The lowest BCUT2D eigenvalue weighted by Gasteiger charge is -2.41. The molecule has 0 aromatic heterocycles. The van der Waals surface area contributed by atoms with E-state index in [0.717, 1.165) is 31.5 Å². The maximum Gasteiger partial charge on any atom is 0.307 e. The molecule has 1 heterocycles. The lowest BCUT2D eigenvalue weighted by molar-refractivity contribution is -0.142. The van der Waals surface area contributed by atoms with Crippen molar-refractivity contribution in [2.75, 3.05) is 19.6 Å². The molecule has 3 atom stereocenters. The first-order valence-corrected chi connectivity index (χ1v) is 6.62. The van der Waals surface area contributed by atoms with E-state index in [9.17, 15) is 4.79 Å². The van der Waals surface area contributed by atoms with E-state index < -0.39 is 5.97 Å². The Morgan fingerprint density at radius 2 is 2.00 bits per heavy atom. The zero-order chi connectivity index (χ0) is 11.5. The van der Waals surface area contributed by atoms with E-state index in [0.29, 0.717) is 0 Å². The van der Waals surface area contributed by atoms with E-state index in [1.165, 1.54) is 32.1 Å². The van der Waals surface area contributed by atoms with Crippen LogP contribution in [0.1, 0.15) is 39.0 Å². The van der Waals surface area contributed by atoms with Gasteiger partial charge in [-0.2, -0.15) is 0 Å². The molecule has 3 unspecified atom stereocenters. The molecule has 0 aromatic carbocycles. The molecule has 1 aliphatic heterocycles. The predicted octanol–water partition coefficient (Wildman–Crippen LogP) is 2.22. The molecular formula is C13H23NO2. The number of carbonyl (C=O) groups is 1. The maximum atomic E-state index is 10.8. The lowest BCUT2D eigenvalue weighted by atomic mass is 9.75. The minimum absolute atomic E-state index is 0.222. The fraction of sp³-hybridized carbons (Fsp3) is 0.923. The van der Waals surface area contributed by atoms with Crippen LogP contribution in [0.5, 0.6) is 0 Å². The number of hydrogen-bond donors (Lipinski definition) is 1. The molecule has 0 bridgehead atoms. The van der Waals surface area contributed by atoms with Crippen LogP contribution in [0.2, 0.25) is 0 Å². The standard InChI is InChI=1S/C13H23NO2/c1-10(13(15)16)8-14-7-6-11-4-2-3-5-12(11)9-14/h10-12H,2-9H2,1H3,(H,15,16). The summed E-state index contributed by atoms with van der Waals surface area (Å²) in [6.45, 7) is 4.80. The highest BCUT2D eigenvalue weighted by atomic mass is 16.4. The van der Waals surface area contributed by atoms with Crippen LogP contribution in [-0.2, 0) is 4.79 Å². The summed E-state index contributed by atoms with van der Waals surface area (Å²) in [5.41, 5.74) is 0. The molecular weight excluding hydrogens is 202 g/mol. The van der Waals surface area contributed by atoms with Gasteiger partial charge >= 0.3 is 5.97 Å². The Morgan fingerprint density at radius 1 is 1.31 bits per heavy atom. The normalized spacial score (nSPS) is 33.1. The van der Waals surface area contributed by atoms with Gasteiger partial charge in [0.05, 0.1) is 5.92 Å². The van der Waals surface area contributed by atoms with E-state index in [1.54, 1.807) is 0 Å². The smallest absolute Gasteiger partial charge is 0.307 e. The first kappa shape index (κ1) is 11.9. The molecule has 1 N–H and O–H groups in total. The minimum Gasteiger partial charge on any atom is -0.481 e. The molecule has 0 spiro atoms. The molecule has 0 aromatic rings. The lowest BCUT2D eigenvalue weighted by Crippen LogP contribution is -2.44. The van der Waals surface area contributed by atoms with Crippen molar-refractivity contribution >= 4 is 5.97 Å². The highest BCUT2D eigenvalue weighted by Gasteiger charge is 2.31. The molecule has 3 heteroatoms. The quantitative estimate of drug-likeness (QED) is 0.800. The van der Waals surface area contributed by atoms with Crippen LogP contribution in [-0.4, -0.2) is 35.6 Å². The van der Waals surface area contributed by atoms with Crippen molar-refractivity contribution in [2.45, 2.75) is 39.0 Å². The Kier molecular flexibility index (Phi) is 3.85. The minimum atomic E-state index is -0.661. The molecule has 16 heavy (non-hydrogen) atoms. The molecule has 92 valence electrons. The zero-order valence-corrected chi connectivity index (χ0v) is 10.2. The van der Waals surface area contributed by atoms with Crippen molar-refractivity contribution in [3.8, 4) is 0 Å². The third-order valence-electron chi connectivity index (χ3n) is 4.33. The molecule has 1 saturated carbocycles. The third-order valence-corrected chi connectivity index (χ3v) is 4.33. The largest absolute Gasteiger partial charge is 0.481 e. The Morgan fingerprint density at radius 3 is 2.69 bits per heavy atom. The second-order valence-electron chi connectivity index (χ2n) is 5.59. The van der Waals surface area contributed by atoms with Gasteiger partial charge < -0.3 is 10.0 Å². The zero-order valence-electron chi connectivity index (χ0n) is 10.2. The van der Waals surface area contributed by atoms with Gasteiger partial charge in [-0.25, -0.2) is 0 Å². The van der Waals surface area contributed by atoms with Gasteiger partial charge in [-0.05, 0) is 31.2 Å². The highest BCUT2D eigenvalue weighted by molar-refractivity contribution is 5.69. The summed E-state index contributed by atoms with van der Waals surface area (Å²) in [5.74, 6) is 0.902. The highest BCUT2D eigenvalue weighted by Crippen LogP contribution is 2.36. The van der Waals surface area contributed by atoms with Gasteiger partial charge in [-0.15, -0.1) is 0 Å². The number of carboxylic acids is 1. The molecule has 2 aliphatic rings. The van der Waals surface area contributed by atoms with Crippen molar-refractivity contribution in [3.63, 3.8) is 0 Å². The number of carboxylic acid groups (broad SMARTS) is 1. The average molecular weight is 225 g/mol.